The van der Waals surface area contributed by atoms with Crippen LogP contribution in [0.15, 0.2) is 39.7 Å². The van der Waals surface area contributed by atoms with Gasteiger partial charge in [-0.3, -0.25) is 0 Å². The molecule has 1 aliphatic carbocycles. The molecule has 130 valence electrons. The highest BCUT2D eigenvalue weighted by molar-refractivity contribution is 14.1. The van der Waals surface area contributed by atoms with E-state index in [1.165, 1.54) is 22.2 Å². The molecule has 1 heterocycles. The van der Waals surface area contributed by atoms with Gasteiger partial charge in [0.1, 0.15) is 11.5 Å². The van der Waals surface area contributed by atoms with Gasteiger partial charge in [-0.15, -0.1) is 0 Å². The van der Waals surface area contributed by atoms with Gasteiger partial charge in [0, 0.05) is 34.0 Å². The maximum Gasteiger partial charge on any atom is 0.142 e. The molecule has 1 atom stereocenters. The number of rotatable bonds is 3. The highest BCUT2D eigenvalue weighted by Crippen LogP contribution is 2.41. The number of ether oxygens (including phenoxy) is 1. The van der Waals surface area contributed by atoms with Gasteiger partial charge in [-0.05, 0) is 86.7 Å². The predicted molar refractivity (Wildman–Crippen MR) is 112 cm³/mol. The van der Waals surface area contributed by atoms with Gasteiger partial charge in [0.25, 0.3) is 0 Å². The molecule has 0 aromatic heterocycles. The second-order valence-corrected chi connectivity index (χ2v) is 8.60. The molecule has 1 aromatic carbocycles. The Bertz CT molecular complexity index is 699. The van der Waals surface area contributed by atoms with Gasteiger partial charge in [0.15, 0.2) is 0 Å². The van der Waals surface area contributed by atoms with Crippen molar-refractivity contribution >= 4 is 44.2 Å². The number of benzene rings is 1. The molecular weight excluding hydrogens is 479 g/mol. The lowest BCUT2D eigenvalue weighted by Gasteiger charge is -2.38. The second kappa shape index (κ2) is 7.68. The Balaban J connectivity index is 2.01. The first kappa shape index (κ1) is 18.1. The summed E-state index contributed by atoms with van der Waals surface area (Å²) in [5.41, 5.74) is 9.50. The molecule has 0 spiro atoms. The van der Waals surface area contributed by atoms with Crippen molar-refractivity contribution in [3.63, 3.8) is 0 Å². The SMILES string of the molecule is CCN1C2=C(CCC1C)C(Oc1ccc(N)cc1I)=C(Br)CCC2. The summed E-state index contributed by atoms with van der Waals surface area (Å²) in [5, 5.41) is 0. The van der Waals surface area contributed by atoms with Gasteiger partial charge in [0.05, 0.1) is 3.57 Å². The Morgan fingerprint density at radius 1 is 1.33 bits per heavy atom. The third-order valence-corrected chi connectivity index (χ3v) is 6.48. The monoisotopic (exact) mass is 502 g/mol. The van der Waals surface area contributed by atoms with Gasteiger partial charge in [-0.2, -0.15) is 0 Å². The van der Waals surface area contributed by atoms with Crippen molar-refractivity contribution in [2.75, 3.05) is 12.3 Å². The Morgan fingerprint density at radius 3 is 2.83 bits per heavy atom. The number of nitrogens with two attached hydrogens (primary N) is 1. The summed E-state index contributed by atoms with van der Waals surface area (Å²) < 4.78 is 8.65. The van der Waals surface area contributed by atoms with Crippen molar-refractivity contribution < 1.29 is 4.74 Å². The van der Waals surface area contributed by atoms with Gasteiger partial charge >= 0.3 is 0 Å². The van der Waals surface area contributed by atoms with Crippen molar-refractivity contribution in [3.8, 4) is 5.75 Å². The van der Waals surface area contributed by atoms with Gasteiger partial charge in [0.2, 0.25) is 0 Å². The maximum absolute atomic E-state index is 6.42. The van der Waals surface area contributed by atoms with E-state index in [-0.39, 0.29) is 0 Å². The lowest BCUT2D eigenvalue weighted by atomic mass is 9.94. The highest BCUT2D eigenvalue weighted by atomic mass is 127. The third kappa shape index (κ3) is 3.62. The molecule has 0 bridgehead atoms. The van der Waals surface area contributed by atoms with Crippen molar-refractivity contribution in [1.29, 1.82) is 0 Å². The minimum atomic E-state index is 0.614. The zero-order valence-electron chi connectivity index (χ0n) is 14.2. The number of halogens is 2. The van der Waals surface area contributed by atoms with Crippen LogP contribution in [0.1, 0.15) is 46.0 Å². The van der Waals surface area contributed by atoms with E-state index in [4.69, 9.17) is 10.5 Å². The Kier molecular flexibility index (Phi) is 5.80. The number of allylic oxidation sites excluding steroid dienone is 3. The van der Waals surface area contributed by atoms with Crippen LogP contribution in [-0.2, 0) is 0 Å². The first-order valence-electron chi connectivity index (χ1n) is 8.61. The molecule has 1 aliphatic heterocycles. The largest absolute Gasteiger partial charge is 0.455 e. The topological polar surface area (TPSA) is 38.5 Å². The Labute approximate surface area is 166 Å². The first-order chi connectivity index (χ1) is 11.5. The second-order valence-electron chi connectivity index (χ2n) is 6.48. The summed E-state index contributed by atoms with van der Waals surface area (Å²) >= 11 is 6.09. The number of anilines is 1. The van der Waals surface area contributed by atoms with E-state index in [2.05, 4.69) is 57.3 Å². The fraction of sp³-hybridized carbons (Fsp3) is 0.474. The smallest absolute Gasteiger partial charge is 0.142 e. The van der Waals surface area contributed by atoms with E-state index >= 15 is 0 Å². The van der Waals surface area contributed by atoms with Crippen molar-refractivity contribution in [3.05, 3.63) is 43.3 Å². The molecule has 0 amide bonds. The molecule has 0 saturated heterocycles. The molecule has 5 heteroatoms. The summed E-state index contributed by atoms with van der Waals surface area (Å²) in [4.78, 5) is 2.56. The molecule has 2 N–H and O–H groups in total. The normalized spacial score (nSPS) is 21.7. The highest BCUT2D eigenvalue weighted by Gasteiger charge is 2.30. The van der Waals surface area contributed by atoms with Crippen LogP contribution in [0.25, 0.3) is 0 Å². The van der Waals surface area contributed by atoms with E-state index in [0.717, 1.165) is 53.0 Å². The van der Waals surface area contributed by atoms with Crippen molar-refractivity contribution in [2.45, 2.75) is 52.0 Å². The van der Waals surface area contributed by atoms with E-state index < -0.39 is 0 Å². The number of hydrogen-bond donors (Lipinski definition) is 1. The fourth-order valence-corrected chi connectivity index (χ4v) is 4.90. The van der Waals surface area contributed by atoms with Gasteiger partial charge in [-0.25, -0.2) is 0 Å². The van der Waals surface area contributed by atoms with E-state index in [9.17, 15) is 0 Å². The summed E-state index contributed by atoms with van der Waals surface area (Å²) in [7, 11) is 0. The van der Waals surface area contributed by atoms with Crippen LogP contribution in [0.5, 0.6) is 5.75 Å². The van der Waals surface area contributed by atoms with Gasteiger partial charge < -0.3 is 15.4 Å². The zero-order chi connectivity index (χ0) is 17.3. The number of nitrogens with zero attached hydrogens (tertiary/aromatic N) is 1. The quantitative estimate of drug-likeness (QED) is 0.419. The van der Waals surface area contributed by atoms with E-state index in [1.54, 1.807) is 0 Å². The molecule has 3 rings (SSSR count). The van der Waals surface area contributed by atoms with E-state index in [0.29, 0.717) is 6.04 Å². The van der Waals surface area contributed by atoms with Crippen LogP contribution < -0.4 is 10.5 Å². The number of nitrogen functional groups attached to an aromatic ring is 1. The summed E-state index contributed by atoms with van der Waals surface area (Å²) in [6.45, 7) is 5.64. The number of hydrogen-bond acceptors (Lipinski definition) is 3. The van der Waals surface area contributed by atoms with Crippen LogP contribution in [0.4, 0.5) is 5.69 Å². The van der Waals surface area contributed by atoms with Crippen LogP contribution in [-0.4, -0.2) is 17.5 Å². The molecule has 0 saturated carbocycles. The minimum absolute atomic E-state index is 0.614. The third-order valence-electron chi connectivity index (χ3n) is 4.88. The molecular formula is C19H24BrIN2O. The predicted octanol–water partition coefficient (Wildman–Crippen LogP) is 5.80. The molecule has 0 radical (unpaired) electrons. The van der Waals surface area contributed by atoms with Crippen LogP contribution >= 0.6 is 38.5 Å². The summed E-state index contributed by atoms with van der Waals surface area (Å²) in [6, 6.07) is 6.44. The van der Waals surface area contributed by atoms with Crippen LogP contribution in [0.2, 0.25) is 0 Å². The Hall–Kier alpha value is -0.690. The molecule has 24 heavy (non-hydrogen) atoms. The van der Waals surface area contributed by atoms with E-state index in [1.807, 2.05) is 18.2 Å². The summed E-state index contributed by atoms with van der Waals surface area (Å²) in [5.74, 6) is 1.91. The van der Waals surface area contributed by atoms with Crippen molar-refractivity contribution in [1.82, 2.24) is 4.90 Å². The lowest BCUT2D eigenvalue weighted by Crippen LogP contribution is -2.36. The zero-order valence-corrected chi connectivity index (χ0v) is 18.0. The average molecular weight is 503 g/mol. The fourth-order valence-electron chi connectivity index (χ4n) is 3.65. The Morgan fingerprint density at radius 2 is 2.12 bits per heavy atom. The minimum Gasteiger partial charge on any atom is -0.455 e. The standard InChI is InChI=1S/C19H24BrIN2O/c1-3-23-12(2)7-9-14-17(23)6-4-5-15(20)19(14)24-18-10-8-13(22)11-16(18)21/h8,10-12H,3-7,9,22H2,1-2H3. The van der Waals surface area contributed by atoms with Crippen LogP contribution in [0.3, 0.4) is 0 Å². The molecule has 0 fully saturated rings. The van der Waals surface area contributed by atoms with Gasteiger partial charge in [-0.1, -0.05) is 15.9 Å². The van der Waals surface area contributed by atoms with Crippen molar-refractivity contribution in [2.24, 2.45) is 0 Å². The molecule has 3 nitrogen and oxygen atoms in total. The first-order valence-corrected chi connectivity index (χ1v) is 10.5. The molecule has 1 unspecified atom stereocenters. The molecule has 1 aromatic rings. The molecule has 2 aliphatic rings. The van der Waals surface area contributed by atoms with Crippen LogP contribution in [0, 0.1) is 3.57 Å². The lowest BCUT2D eigenvalue weighted by molar-refractivity contribution is 0.234. The maximum atomic E-state index is 6.42. The average Bonchev–Trinajstić information content (AvgIpc) is 2.69. The summed E-state index contributed by atoms with van der Waals surface area (Å²) in [6.07, 6.45) is 5.59.